The van der Waals surface area contributed by atoms with Crippen LogP contribution in [0, 0.1) is 0 Å². The number of hydrogen-bond donors (Lipinski definition) is 1. The minimum atomic E-state index is -0.823. The standard InChI is InChI=1S/C16H20N2O3S/c1-18(11-5-10-16(20)21)15(19)9-4-8-14-17-12-6-2-3-7-13(12)22-14/h2-3,6-7H,4-5,8-11H2,1H3,(H,20,21). The van der Waals surface area contributed by atoms with Crippen molar-refractivity contribution in [3.63, 3.8) is 0 Å². The summed E-state index contributed by atoms with van der Waals surface area (Å²) in [5, 5.41) is 9.64. The van der Waals surface area contributed by atoms with E-state index in [0.29, 0.717) is 19.4 Å². The highest BCUT2D eigenvalue weighted by atomic mass is 32.1. The molecule has 22 heavy (non-hydrogen) atoms. The SMILES string of the molecule is CN(CCCC(=O)O)C(=O)CCCc1nc2ccccc2s1. The van der Waals surface area contributed by atoms with Crippen molar-refractivity contribution in [2.75, 3.05) is 13.6 Å². The number of rotatable bonds is 8. The third kappa shape index (κ3) is 4.80. The average molecular weight is 320 g/mol. The van der Waals surface area contributed by atoms with Crippen LogP contribution >= 0.6 is 11.3 Å². The number of para-hydroxylation sites is 1. The van der Waals surface area contributed by atoms with Gasteiger partial charge < -0.3 is 10.0 Å². The highest BCUT2D eigenvalue weighted by Crippen LogP contribution is 2.22. The van der Waals surface area contributed by atoms with Crippen LogP contribution in [0.3, 0.4) is 0 Å². The molecule has 1 heterocycles. The summed E-state index contributed by atoms with van der Waals surface area (Å²) < 4.78 is 1.18. The first-order valence-electron chi connectivity index (χ1n) is 7.36. The lowest BCUT2D eigenvalue weighted by Gasteiger charge is -2.16. The molecule has 0 saturated heterocycles. The number of carboxylic acid groups (broad SMARTS) is 1. The molecule has 0 aliphatic carbocycles. The molecule has 0 aliphatic heterocycles. The molecule has 1 amide bonds. The zero-order valence-corrected chi connectivity index (χ0v) is 13.4. The van der Waals surface area contributed by atoms with Crippen LogP contribution < -0.4 is 0 Å². The number of carbonyl (C=O) groups excluding carboxylic acids is 1. The van der Waals surface area contributed by atoms with Crippen molar-refractivity contribution >= 4 is 33.4 Å². The van der Waals surface area contributed by atoms with Gasteiger partial charge >= 0.3 is 5.97 Å². The fourth-order valence-electron chi connectivity index (χ4n) is 2.20. The van der Waals surface area contributed by atoms with Crippen molar-refractivity contribution in [3.8, 4) is 0 Å². The molecule has 5 nitrogen and oxygen atoms in total. The molecule has 1 N–H and O–H groups in total. The molecule has 2 aromatic rings. The molecule has 0 bridgehead atoms. The van der Waals surface area contributed by atoms with Crippen LogP contribution in [0.1, 0.15) is 30.7 Å². The molecule has 6 heteroatoms. The maximum atomic E-state index is 11.9. The minimum Gasteiger partial charge on any atom is -0.481 e. The molecule has 1 aromatic heterocycles. The van der Waals surface area contributed by atoms with Crippen LogP contribution in [0.5, 0.6) is 0 Å². The van der Waals surface area contributed by atoms with E-state index in [1.165, 1.54) is 4.70 Å². The van der Waals surface area contributed by atoms with Gasteiger partial charge in [0.25, 0.3) is 0 Å². The van der Waals surface area contributed by atoms with Gasteiger partial charge in [-0.3, -0.25) is 9.59 Å². The fourth-order valence-corrected chi connectivity index (χ4v) is 3.21. The molecule has 0 atom stereocenters. The van der Waals surface area contributed by atoms with Gasteiger partial charge in [0.05, 0.1) is 15.2 Å². The fraction of sp³-hybridized carbons (Fsp3) is 0.438. The van der Waals surface area contributed by atoms with Crippen LogP contribution in [-0.2, 0) is 16.0 Å². The zero-order valence-electron chi connectivity index (χ0n) is 12.6. The first kappa shape index (κ1) is 16.4. The molecule has 1 aromatic carbocycles. The van der Waals surface area contributed by atoms with Gasteiger partial charge in [-0.15, -0.1) is 11.3 Å². The Balaban J connectivity index is 1.73. The predicted octanol–water partition coefficient (Wildman–Crippen LogP) is 2.94. The van der Waals surface area contributed by atoms with Gasteiger partial charge in [-0.1, -0.05) is 12.1 Å². The topological polar surface area (TPSA) is 70.5 Å². The van der Waals surface area contributed by atoms with Crippen LogP contribution in [-0.4, -0.2) is 40.5 Å². The Morgan fingerprint density at radius 3 is 2.73 bits per heavy atom. The van der Waals surface area contributed by atoms with Gasteiger partial charge in [0.1, 0.15) is 0 Å². The summed E-state index contributed by atoms with van der Waals surface area (Å²) in [7, 11) is 1.72. The Labute approximate surface area is 133 Å². The largest absolute Gasteiger partial charge is 0.481 e. The number of amides is 1. The molecule has 0 fully saturated rings. The van der Waals surface area contributed by atoms with Crippen molar-refractivity contribution in [2.45, 2.75) is 32.1 Å². The number of carbonyl (C=O) groups is 2. The van der Waals surface area contributed by atoms with Gasteiger partial charge in [-0.25, -0.2) is 4.98 Å². The minimum absolute atomic E-state index is 0.0616. The molecule has 2 rings (SSSR count). The van der Waals surface area contributed by atoms with Crippen LogP contribution in [0.2, 0.25) is 0 Å². The summed E-state index contributed by atoms with van der Waals surface area (Å²) in [5.41, 5.74) is 1.01. The maximum Gasteiger partial charge on any atom is 0.303 e. The molecule has 0 unspecified atom stereocenters. The first-order valence-corrected chi connectivity index (χ1v) is 8.18. The number of benzene rings is 1. The third-order valence-corrected chi connectivity index (χ3v) is 4.53. The normalized spacial score (nSPS) is 10.8. The monoisotopic (exact) mass is 320 g/mol. The number of carboxylic acids is 1. The van der Waals surface area contributed by atoms with E-state index in [9.17, 15) is 9.59 Å². The lowest BCUT2D eigenvalue weighted by atomic mass is 10.2. The number of fused-ring (bicyclic) bond motifs is 1. The summed E-state index contributed by atoms with van der Waals surface area (Å²) in [6, 6.07) is 8.02. The van der Waals surface area contributed by atoms with Gasteiger partial charge in [0.15, 0.2) is 0 Å². The van der Waals surface area contributed by atoms with E-state index < -0.39 is 5.97 Å². The number of thiazole rings is 1. The van der Waals surface area contributed by atoms with Crippen molar-refractivity contribution in [2.24, 2.45) is 0 Å². The van der Waals surface area contributed by atoms with E-state index in [-0.39, 0.29) is 12.3 Å². The summed E-state index contributed by atoms with van der Waals surface area (Å²) in [4.78, 5) is 28.6. The van der Waals surface area contributed by atoms with Crippen LogP contribution in [0.25, 0.3) is 10.2 Å². The molecule has 0 radical (unpaired) electrons. The summed E-state index contributed by atoms with van der Waals surface area (Å²) in [6.07, 6.45) is 2.63. The zero-order chi connectivity index (χ0) is 15.9. The quantitative estimate of drug-likeness (QED) is 0.812. The van der Waals surface area contributed by atoms with Gasteiger partial charge in [-0.05, 0) is 31.4 Å². The lowest BCUT2D eigenvalue weighted by molar-refractivity contribution is -0.138. The van der Waals surface area contributed by atoms with E-state index >= 15 is 0 Å². The summed E-state index contributed by atoms with van der Waals surface area (Å²) in [5.74, 6) is -0.761. The Hall–Kier alpha value is -1.95. The van der Waals surface area contributed by atoms with Crippen molar-refractivity contribution in [1.29, 1.82) is 0 Å². The third-order valence-electron chi connectivity index (χ3n) is 3.43. The highest BCUT2D eigenvalue weighted by Gasteiger charge is 2.10. The Kier molecular flexibility index (Phi) is 5.89. The van der Waals surface area contributed by atoms with E-state index in [1.54, 1.807) is 23.3 Å². The second kappa shape index (κ2) is 7.89. The maximum absolute atomic E-state index is 11.9. The number of aromatic nitrogens is 1. The van der Waals surface area contributed by atoms with E-state index in [4.69, 9.17) is 5.11 Å². The number of nitrogens with zero attached hydrogens (tertiary/aromatic N) is 2. The number of aliphatic carboxylic acids is 1. The molecular formula is C16H20N2O3S. The van der Waals surface area contributed by atoms with Crippen molar-refractivity contribution in [1.82, 2.24) is 9.88 Å². The number of aryl methyl sites for hydroxylation is 1. The van der Waals surface area contributed by atoms with Crippen LogP contribution in [0.4, 0.5) is 0 Å². The second-order valence-electron chi connectivity index (χ2n) is 5.24. The Morgan fingerprint density at radius 2 is 2.00 bits per heavy atom. The Bertz CT molecular complexity index is 621. The van der Waals surface area contributed by atoms with E-state index in [2.05, 4.69) is 11.1 Å². The van der Waals surface area contributed by atoms with Gasteiger partial charge in [-0.2, -0.15) is 0 Å². The predicted molar refractivity (Wildman–Crippen MR) is 87.1 cm³/mol. The van der Waals surface area contributed by atoms with Gasteiger partial charge in [0, 0.05) is 26.4 Å². The van der Waals surface area contributed by atoms with Crippen molar-refractivity contribution < 1.29 is 14.7 Å². The second-order valence-corrected chi connectivity index (χ2v) is 6.36. The van der Waals surface area contributed by atoms with E-state index in [1.807, 2.05) is 18.2 Å². The molecule has 0 spiro atoms. The number of hydrogen-bond acceptors (Lipinski definition) is 4. The van der Waals surface area contributed by atoms with Crippen LogP contribution in [0.15, 0.2) is 24.3 Å². The summed E-state index contributed by atoms with van der Waals surface area (Å²) in [6.45, 7) is 0.492. The Morgan fingerprint density at radius 1 is 1.23 bits per heavy atom. The lowest BCUT2D eigenvalue weighted by Crippen LogP contribution is -2.27. The summed E-state index contributed by atoms with van der Waals surface area (Å²) >= 11 is 1.67. The smallest absolute Gasteiger partial charge is 0.303 e. The highest BCUT2D eigenvalue weighted by molar-refractivity contribution is 7.18. The van der Waals surface area contributed by atoms with E-state index in [0.717, 1.165) is 23.4 Å². The first-order chi connectivity index (χ1) is 10.6. The average Bonchev–Trinajstić information content (AvgIpc) is 2.89. The molecule has 0 aliphatic rings. The van der Waals surface area contributed by atoms with Gasteiger partial charge in [0.2, 0.25) is 5.91 Å². The van der Waals surface area contributed by atoms with Crippen molar-refractivity contribution in [3.05, 3.63) is 29.3 Å². The molecule has 0 saturated carbocycles. The molecular weight excluding hydrogens is 300 g/mol. The molecule has 118 valence electrons.